The number of carbonyl (C=O) groups is 1. The quantitative estimate of drug-likeness (QED) is 0.598. The smallest absolute Gasteiger partial charge is 0.222 e. The fourth-order valence-electron chi connectivity index (χ4n) is 0.498. The van der Waals surface area contributed by atoms with Crippen molar-refractivity contribution in [3.05, 3.63) is 24.2 Å². The molecule has 48 valence electrons. The molecule has 1 aromatic heterocycles. The van der Waals surface area contributed by atoms with E-state index in [0.29, 0.717) is 5.56 Å². The van der Waals surface area contributed by atoms with Crippen LogP contribution < -0.4 is 0 Å². The molecular weight excluding hydrogens is 136 g/mol. The SMILES string of the molecule is CSC(=O)c1ccoc1. The van der Waals surface area contributed by atoms with E-state index in [9.17, 15) is 4.79 Å². The van der Waals surface area contributed by atoms with Gasteiger partial charge in [-0.2, -0.15) is 0 Å². The molecule has 0 aliphatic carbocycles. The summed E-state index contributed by atoms with van der Waals surface area (Å²) >= 11 is 1.18. The third-order valence-electron chi connectivity index (χ3n) is 0.942. The second kappa shape index (κ2) is 2.73. The van der Waals surface area contributed by atoms with Gasteiger partial charge in [0.1, 0.15) is 6.26 Å². The van der Waals surface area contributed by atoms with E-state index in [1.54, 1.807) is 12.3 Å². The van der Waals surface area contributed by atoms with Crippen LogP contribution in [-0.2, 0) is 0 Å². The molecule has 0 aliphatic rings. The van der Waals surface area contributed by atoms with Gasteiger partial charge in [0.05, 0.1) is 11.8 Å². The highest BCUT2D eigenvalue weighted by atomic mass is 32.2. The topological polar surface area (TPSA) is 30.2 Å². The molecule has 0 radical (unpaired) electrons. The first-order valence-corrected chi connectivity index (χ1v) is 3.67. The Morgan fingerprint density at radius 1 is 1.78 bits per heavy atom. The molecule has 1 rings (SSSR count). The van der Waals surface area contributed by atoms with Gasteiger partial charge in [-0.15, -0.1) is 0 Å². The number of hydrogen-bond donors (Lipinski definition) is 0. The maximum Gasteiger partial charge on any atom is 0.222 e. The zero-order valence-corrected chi connectivity index (χ0v) is 5.77. The summed E-state index contributed by atoms with van der Waals surface area (Å²) in [4.78, 5) is 10.8. The standard InChI is InChI=1S/C6H6O2S/c1-9-6(7)5-2-3-8-4-5/h2-4H,1H3. The van der Waals surface area contributed by atoms with Crippen molar-refractivity contribution in [1.29, 1.82) is 0 Å². The molecule has 0 bridgehead atoms. The Labute approximate surface area is 57.2 Å². The van der Waals surface area contributed by atoms with Gasteiger partial charge in [-0.25, -0.2) is 0 Å². The maximum absolute atomic E-state index is 10.8. The molecule has 0 aromatic carbocycles. The Kier molecular flexibility index (Phi) is 1.95. The fourth-order valence-corrected chi connectivity index (χ4v) is 0.850. The van der Waals surface area contributed by atoms with Crippen molar-refractivity contribution in [2.24, 2.45) is 0 Å². The van der Waals surface area contributed by atoms with Gasteiger partial charge in [0.25, 0.3) is 0 Å². The van der Waals surface area contributed by atoms with Crippen molar-refractivity contribution >= 4 is 16.9 Å². The Morgan fingerprint density at radius 3 is 3.00 bits per heavy atom. The number of hydrogen-bond acceptors (Lipinski definition) is 3. The average Bonchev–Trinajstić information content (AvgIpc) is 2.37. The van der Waals surface area contributed by atoms with Crippen molar-refractivity contribution in [2.45, 2.75) is 0 Å². The zero-order chi connectivity index (χ0) is 6.69. The summed E-state index contributed by atoms with van der Waals surface area (Å²) in [5.41, 5.74) is 0.627. The number of rotatable bonds is 1. The summed E-state index contributed by atoms with van der Waals surface area (Å²) in [6, 6.07) is 1.65. The lowest BCUT2D eigenvalue weighted by atomic mass is 10.4. The van der Waals surface area contributed by atoms with Gasteiger partial charge in [0, 0.05) is 0 Å². The molecule has 0 fully saturated rings. The monoisotopic (exact) mass is 142 g/mol. The molecule has 0 N–H and O–H groups in total. The first-order valence-electron chi connectivity index (χ1n) is 2.45. The molecule has 9 heavy (non-hydrogen) atoms. The van der Waals surface area contributed by atoms with E-state index in [1.165, 1.54) is 24.3 Å². The molecule has 1 heterocycles. The number of furan rings is 1. The van der Waals surface area contributed by atoms with Crippen LogP contribution >= 0.6 is 11.8 Å². The predicted octanol–water partition coefficient (Wildman–Crippen LogP) is 1.78. The summed E-state index contributed by atoms with van der Waals surface area (Å²) < 4.78 is 4.70. The molecule has 0 saturated heterocycles. The van der Waals surface area contributed by atoms with Crippen molar-refractivity contribution < 1.29 is 9.21 Å². The van der Waals surface area contributed by atoms with E-state index in [1.807, 2.05) is 0 Å². The van der Waals surface area contributed by atoms with Crippen molar-refractivity contribution in [3.8, 4) is 0 Å². The predicted molar refractivity (Wildman–Crippen MR) is 36.6 cm³/mol. The van der Waals surface area contributed by atoms with Gasteiger partial charge >= 0.3 is 0 Å². The lowest BCUT2D eigenvalue weighted by Crippen LogP contribution is -1.86. The van der Waals surface area contributed by atoms with E-state index >= 15 is 0 Å². The van der Waals surface area contributed by atoms with Crippen molar-refractivity contribution in [2.75, 3.05) is 6.26 Å². The van der Waals surface area contributed by atoms with Gasteiger partial charge in [-0.05, 0) is 12.3 Å². The third kappa shape index (κ3) is 1.36. The fraction of sp³-hybridized carbons (Fsp3) is 0.167. The van der Waals surface area contributed by atoms with Crippen LogP contribution in [0.15, 0.2) is 23.0 Å². The van der Waals surface area contributed by atoms with Gasteiger partial charge in [-0.3, -0.25) is 4.79 Å². The van der Waals surface area contributed by atoms with Crippen molar-refractivity contribution in [3.63, 3.8) is 0 Å². The highest BCUT2D eigenvalue weighted by Gasteiger charge is 2.02. The van der Waals surface area contributed by atoms with Crippen molar-refractivity contribution in [1.82, 2.24) is 0 Å². The average molecular weight is 142 g/mol. The molecule has 0 unspecified atom stereocenters. The van der Waals surface area contributed by atoms with E-state index in [-0.39, 0.29) is 5.12 Å². The Balaban J connectivity index is 2.77. The lowest BCUT2D eigenvalue weighted by Gasteiger charge is -1.84. The van der Waals surface area contributed by atoms with E-state index < -0.39 is 0 Å². The van der Waals surface area contributed by atoms with Crippen LogP contribution in [0.5, 0.6) is 0 Å². The summed E-state index contributed by atoms with van der Waals surface area (Å²) in [6.07, 6.45) is 4.68. The van der Waals surface area contributed by atoms with E-state index in [4.69, 9.17) is 4.42 Å². The molecule has 2 nitrogen and oxygen atoms in total. The van der Waals surface area contributed by atoms with Crippen LogP contribution in [-0.4, -0.2) is 11.4 Å². The molecule has 3 heteroatoms. The Morgan fingerprint density at radius 2 is 2.56 bits per heavy atom. The molecular formula is C6H6O2S. The van der Waals surface area contributed by atoms with Crippen LogP contribution in [0, 0.1) is 0 Å². The number of thioether (sulfide) groups is 1. The van der Waals surface area contributed by atoms with Crippen LogP contribution in [0.25, 0.3) is 0 Å². The molecule has 0 saturated carbocycles. The highest BCUT2D eigenvalue weighted by molar-refractivity contribution is 8.13. The van der Waals surface area contributed by atoms with Gasteiger partial charge in [-0.1, -0.05) is 11.8 Å². The minimum atomic E-state index is 0.0451. The second-order valence-corrected chi connectivity index (χ2v) is 2.28. The molecule has 0 spiro atoms. The van der Waals surface area contributed by atoms with Crippen LogP contribution in [0.2, 0.25) is 0 Å². The van der Waals surface area contributed by atoms with E-state index in [2.05, 4.69) is 0 Å². The Hall–Kier alpha value is -0.700. The summed E-state index contributed by atoms with van der Waals surface area (Å²) in [5.74, 6) is 0. The molecule has 0 aliphatic heterocycles. The van der Waals surface area contributed by atoms with E-state index in [0.717, 1.165) is 0 Å². The van der Waals surface area contributed by atoms with Gasteiger partial charge < -0.3 is 4.42 Å². The minimum absolute atomic E-state index is 0.0451. The van der Waals surface area contributed by atoms with Crippen LogP contribution in [0.3, 0.4) is 0 Å². The largest absolute Gasteiger partial charge is 0.472 e. The first kappa shape index (κ1) is 6.42. The second-order valence-electron chi connectivity index (χ2n) is 1.50. The highest BCUT2D eigenvalue weighted by Crippen LogP contribution is 2.08. The number of carbonyl (C=O) groups excluding carboxylic acids is 1. The molecule has 0 atom stereocenters. The summed E-state index contributed by atoms with van der Waals surface area (Å²) in [7, 11) is 0. The third-order valence-corrected chi connectivity index (χ3v) is 1.55. The first-order chi connectivity index (χ1) is 4.34. The van der Waals surface area contributed by atoms with Crippen LogP contribution in [0.1, 0.15) is 10.4 Å². The zero-order valence-electron chi connectivity index (χ0n) is 4.96. The summed E-state index contributed by atoms with van der Waals surface area (Å²) in [5, 5.41) is 0.0451. The minimum Gasteiger partial charge on any atom is -0.472 e. The molecule has 0 amide bonds. The Bertz CT molecular complexity index is 191. The van der Waals surface area contributed by atoms with Gasteiger partial charge in [0.2, 0.25) is 5.12 Å². The summed E-state index contributed by atoms with van der Waals surface area (Å²) in [6.45, 7) is 0. The van der Waals surface area contributed by atoms with Gasteiger partial charge in [0.15, 0.2) is 0 Å². The lowest BCUT2D eigenvalue weighted by molar-refractivity contribution is 0.108. The van der Waals surface area contributed by atoms with Crippen LogP contribution in [0.4, 0.5) is 0 Å². The maximum atomic E-state index is 10.8. The normalized spacial score (nSPS) is 9.44. The molecule has 1 aromatic rings.